The molecule has 0 radical (unpaired) electrons. The molecule has 39 heavy (non-hydrogen) atoms. The van der Waals surface area contributed by atoms with Crippen molar-refractivity contribution in [3.05, 3.63) is 101 Å². The number of hydrogen-bond acceptors (Lipinski definition) is 5. The second-order valence-electron chi connectivity index (χ2n) is 8.88. The summed E-state index contributed by atoms with van der Waals surface area (Å²) in [4.78, 5) is 28.1. The Morgan fingerprint density at radius 3 is 2.54 bits per heavy atom. The molecule has 0 unspecified atom stereocenters. The van der Waals surface area contributed by atoms with Crippen LogP contribution in [0.3, 0.4) is 0 Å². The molecular formula is C29H26ClFN4O3S. The van der Waals surface area contributed by atoms with E-state index < -0.39 is 0 Å². The van der Waals surface area contributed by atoms with E-state index in [0.29, 0.717) is 35.4 Å². The first-order chi connectivity index (χ1) is 19.0. The van der Waals surface area contributed by atoms with Gasteiger partial charge < -0.3 is 10.1 Å². The maximum absolute atomic E-state index is 13.9. The van der Waals surface area contributed by atoms with E-state index in [2.05, 4.69) is 5.32 Å². The van der Waals surface area contributed by atoms with Gasteiger partial charge in [0.25, 0.3) is 0 Å². The van der Waals surface area contributed by atoms with Crippen molar-refractivity contribution < 1.29 is 18.7 Å². The number of nitrogens with one attached hydrogen (secondary N) is 1. The Hall–Kier alpha value is -3.66. The van der Waals surface area contributed by atoms with Gasteiger partial charge in [0.15, 0.2) is 0 Å². The van der Waals surface area contributed by atoms with Crippen LogP contribution in [0.4, 0.5) is 10.2 Å². The SMILES string of the molecule is COCCNC(=O)CN1C(=O)CS[C@@H](c2ccc(F)cc2)c2c(-c3ccccc3)nn(-c3ccccc3Cl)c21. The number of methoxy groups -OCH3 is 1. The number of halogens is 2. The lowest BCUT2D eigenvalue weighted by molar-refractivity contribution is -0.123. The molecule has 3 aromatic carbocycles. The van der Waals surface area contributed by atoms with Gasteiger partial charge in [-0.15, -0.1) is 11.8 Å². The van der Waals surface area contributed by atoms with Gasteiger partial charge in [-0.25, -0.2) is 9.07 Å². The fourth-order valence-electron chi connectivity index (χ4n) is 4.51. The molecule has 0 spiro atoms. The van der Waals surface area contributed by atoms with Crippen LogP contribution in [0, 0.1) is 5.82 Å². The molecule has 200 valence electrons. The lowest BCUT2D eigenvalue weighted by Crippen LogP contribution is -2.43. The Kier molecular flexibility index (Phi) is 8.30. The highest BCUT2D eigenvalue weighted by molar-refractivity contribution is 8.00. The molecule has 7 nitrogen and oxygen atoms in total. The molecule has 0 fully saturated rings. The number of benzene rings is 3. The highest BCUT2D eigenvalue weighted by Gasteiger charge is 2.38. The van der Waals surface area contributed by atoms with E-state index >= 15 is 0 Å². The summed E-state index contributed by atoms with van der Waals surface area (Å²) in [6, 6.07) is 23.1. The van der Waals surface area contributed by atoms with Gasteiger partial charge in [0, 0.05) is 24.8 Å². The van der Waals surface area contributed by atoms with Crippen LogP contribution in [0.2, 0.25) is 5.02 Å². The van der Waals surface area contributed by atoms with Crippen molar-refractivity contribution in [2.45, 2.75) is 5.25 Å². The number of carbonyl (C=O) groups is 2. The van der Waals surface area contributed by atoms with Crippen LogP contribution < -0.4 is 10.2 Å². The Balaban J connectivity index is 1.76. The fourth-order valence-corrected chi connectivity index (χ4v) is 5.93. The summed E-state index contributed by atoms with van der Waals surface area (Å²) >= 11 is 8.05. The number of thioether (sulfide) groups is 1. The number of para-hydroxylation sites is 1. The van der Waals surface area contributed by atoms with E-state index in [-0.39, 0.29) is 35.2 Å². The maximum Gasteiger partial charge on any atom is 0.240 e. The first-order valence-corrected chi connectivity index (χ1v) is 13.8. The number of amides is 2. The second kappa shape index (κ2) is 12.0. The number of rotatable bonds is 8. The number of nitrogens with zero attached hydrogens (tertiary/aromatic N) is 3. The minimum Gasteiger partial charge on any atom is -0.383 e. The van der Waals surface area contributed by atoms with Crippen molar-refractivity contribution in [1.29, 1.82) is 0 Å². The van der Waals surface area contributed by atoms with Gasteiger partial charge >= 0.3 is 0 Å². The van der Waals surface area contributed by atoms with E-state index in [4.69, 9.17) is 21.4 Å². The van der Waals surface area contributed by atoms with Gasteiger partial charge in [0.05, 0.1) is 34.0 Å². The van der Waals surface area contributed by atoms with Crippen molar-refractivity contribution in [1.82, 2.24) is 15.1 Å². The average molecular weight is 565 g/mol. The Labute approximate surface area is 234 Å². The third-order valence-electron chi connectivity index (χ3n) is 6.32. The summed E-state index contributed by atoms with van der Waals surface area (Å²) in [5, 5.41) is 7.87. The zero-order valence-corrected chi connectivity index (χ0v) is 22.7. The standard InChI is InChI=1S/C29H26ClFN4O3S/c1-38-16-15-32-24(36)17-34-25(37)18-39-28(20-11-13-21(31)14-12-20)26-27(19-7-3-2-4-8-19)33-35(29(26)34)23-10-6-5-9-22(23)30/h2-14,28H,15-18H2,1H3,(H,32,36)/t28-/m0/s1. The maximum atomic E-state index is 13.9. The van der Waals surface area contributed by atoms with E-state index in [1.165, 1.54) is 28.8 Å². The lowest BCUT2D eigenvalue weighted by atomic mass is 9.99. The topological polar surface area (TPSA) is 76.5 Å². The monoisotopic (exact) mass is 564 g/mol. The second-order valence-corrected chi connectivity index (χ2v) is 10.4. The number of anilines is 1. The largest absolute Gasteiger partial charge is 0.383 e. The zero-order valence-electron chi connectivity index (χ0n) is 21.1. The van der Waals surface area contributed by atoms with Crippen LogP contribution in [-0.2, 0) is 14.3 Å². The number of hydrogen-bond donors (Lipinski definition) is 1. The third-order valence-corrected chi connectivity index (χ3v) is 7.89. The van der Waals surface area contributed by atoms with Gasteiger partial charge in [0.1, 0.15) is 18.2 Å². The number of carbonyl (C=O) groups excluding carboxylic acids is 2. The molecule has 2 heterocycles. The molecule has 1 aliphatic rings. The zero-order chi connectivity index (χ0) is 27.4. The summed E-state index contributed by atoms with van der Waals surface area (Å²) in [7, 11) is 1.55. The van der Waals surface area contributed by atoms with Gasteiger partial charge in [-0.1, -0.05) is 66.2 Å². The van der Waals surface area contributed by atoms with Crippen LogP contribution in [0.25, 0.3) is 16.9 Å². The van der Waals surface area contributed by atoms with Crippen molar-refractivity contribution in [2.24, 2.45) is 0 Å². The summed E-state index contributed by atoms with van der Waals surface area (Å²) < 4.78 is 20.6. The minimum absolute atomic E-state index is 0.110. The molecule has 5 rings (SSSR count). The molecule has 0 aliphatic carbocycles. The van der Waals surface area contributed by atoms with Crippen molar-refractivity contribution in [3.63, 3.8) is 0 Å². The van der Waals surface area contributed by atoms with Crippen LogP contribution in [0.5, 0.6) is 0 Å². The van der Waals surface area contributed by atoms with E-state index in [0.717, 1.165) is 16.7 Å². The molecule has 1 N–H and O–H groups in total. The Morgan fingerprint density at radius 2 is 1.82 bits per heavy atom. The molecule has 1 aromatic heterocycles. The van der Waals surface area contributed by atoms with Crippen LogP contribution in [0.15, 0.2) is 78.9 Å². The summed E-state index contributed by atoms with van der Waals surface area (Å²) in [6.07, 6.45) is 0. The predicted molar refractivity (Wildman–Crippen MR) is 152 cm³/mol. The van der Waals surface area contributed by atoms with Crippen molar-refractivity contribution in [2.75, 3.05) is 37.5 Å². The van der Waals surface area contributed by atoms with E-state index in [9.17, 15) is 14.0 Å². The highest BCUT2D eigenvalue weighted by atomic mass is 35.5. The van der Waals surface area contributed by atoms with Gasteiger partial charge in [0.2, 0.25) is 11.8 Å². The predicted octanol–water partition coefficient (Wildman–Crippen LogP) is 5.26. The first-order valence-electron chi connectivity index (χ1n) is 12.3. The molecule has 1 aliphatic heterocycles. The van der Waals surface area contributed by atoms with Gasteiger partial charge in [-0.2, -0.15) is 5.10 Å². The number of aromatic nitrogens is 2. The molecule has 2 amide bonds. The van der Waals surface area contributed by atoms with Crippen LogP contribution in [-0.4, -0.2) is 54.2 Å². The smallest absolute Gasteiger partial charge is 0.240 e. The molecule has 0 saturated heterocycles. The quantitative estimate of drug-likeness (QED) is 0.295. The molecule has 1 atom stereocenters. The number of fused-ring (bicyclic) bond motifs is 1. The third kappa shape index (κ3) is 5.71. The molecule has 10 heteroatoms. The van der Waals surface area contributed by atoms with Crippen molar-refractivity contribution in [3.8, 4) is 16.9 Å². The first kappa shape index (κ1) is 26.9. The van der Waals surface area contributed by atoms with Crippen LogP contribution in [0.1, 0.15) is 16.4 Å². The number of ether oxygens (including phenoxy) is 1. The Bertz CT molecular complexity index is 1480. The normalized spacial score (nSPS) is 15.1. The van der Waals surface area contributed by atoms with Gasteiger partial charge in [-0.3, -0.25) is 14.5 Å². The summed E-state index contributed by atoms with van der Waals surface area (Å²) in [6.45, 7) is 0.454. The fraction of sp³-hybridized carbons (Fsp3) is 0.207. The highest BCUT2D eigenvalue weighted by Crippen LogP contribution is 2.48. The molecule has 0 saturated carbocycles. The van der Waals surface area contributed by atoms with E-state index in [1.54, 1.807) is 30.0 Å². The van der Waals surface area contributed by atoms with Crippen molar-refractivity contribution >= 4 is 41.0 Å². The average Bonchev–Trinajstić information content (AvgIpc) is 3.27. The van der Waals surface area contributed by atoms with Gasteiger partial charge in [-0.05, 0) is 29.8 Å². The van der Waals surface area contributed by atoms with E-state index in [1.807, 2.05) is 48.5 Å². The Morgan fingerprint density at radius 1 is 1.10 bits per heavy atom. The van der Waals surface area contributed by atoms with Crippen LogP contribution >= 0.6 is 23.4 Å². The molecule has 0 bridgehead atoms. The summed E-state index contributed by atoms with van der Waals surface area (Å²) in [5.41, 5.74) is 3.61. The minimum atomic E-state index is -0.363. The molecule has 4 aromatic rings. The lowest BCUT2D eigenvalue weighted by Gasteiger charge is -2.23. The summed E-state index contributed by atoms with van der Waals surface area (Å²) in [5.74, 6) is -0.365. The molecular weight excluding hydrogens is 539 g/mol.